The van der Waals surface area contributed by atoms with Crippen LogP contribution >= 0.6 is 0 Å². The SMILES string of the molecule is Cc1cc(C(=O)N2CCCC(C(=O)c3ccc(F)cc3)C2)n[nH]1. The first-order chi connectivity index (χ1) is 11.0. The van der Waals surface area contributed by atoms with Gasteiger partial charge in [-0.05, 0) is 50.1 Å². The fourth-order valence-electron chi connectivity index (χ4n) is 2.92. The Morgan fingerprint density at radius 2 is 2.04 bits per heavy atom. The molecule has 0 spiro atoms. The van der Waals surface area contributed by atoms with Crippen molar-refractivity contribution in [3.05, 3.63) is 53.1 Å². The van der Waals surface area contributed by atoms with E-state index >= 15 is 0 Å². The molecule has 2 aromatic rings. The molecule has 0 bridgehead atoms. The molecule has 3 rings (SSSR count). The van der Waals surface area contributed by atoms with E-state index in [1.807, 2.05) is 6.92 Å². The van der Waals surface area contributed by atoms with Crippen molar-refractivity contribution in [1.29, 1.82) is 0 Å². The number of aryl methyl sites for hydroxylation is 1. The van der Waals surface area contributed by atoms with E-state index in [0.29, 0.717) is 24.3 Å². The molecular formula is C17H18FN3O2. The highest BCUT2D eigenvalue weighted by Gasteiger charge is 2.30. The summed E-state index contributed by atoms with van der Waals surface area (Å²) in [5, 5.41) is 6.74. The van der Waals surface area contributed by atoms with Crippen molar-refractivity contribution in [2.24, 2.45) is 5.92 Å². The van der Waals surface area contributed by atoms with Crippen LogP contribution in [0, 0.1) is 18.7 Å². The highest BCUT2D eigenvalue weighted by Crippen LogP contribution is 2.22. The molecule has 1 fully saturated rings. The maximum atomic E-state index is 13.0. The lowest BCUT2D eigenvalue weighted by Gasteiger charge is -2.31. The Hall–Kier alpha value is -2.50. The third-order valence-corrected chi connectivity index (χ3v) is 4.13. The van der Waals surface area contributed by atoms with Gasteiger partial charge in [-0.1, -0.05) is 0 Å². The topological polar surface area (TPSA) is 66.1 Å². The molecule has 0 saturated carbocycles. The molecule has 1 aromatic carbocycles. The van der Waals surface area contributed by atoms with Gasteiger partial charge in [-0.25, -0.2) is 4.39 Å². The number of hydrogen-bond acceptors (Lipinski definition) is 3. The molecule has 1 atom stereocenters. The molecule has 1 saturated heterocycles. The molecule has 120 valence electrons. The number of amides is 1. The lowest BCUT2D eigenvalue weighted by molar-refractivity contribution is 0.0632. The van der Waals surface area contributed by atoms with Gasteiger partial charge in [0.25, 0.3) is 5.91 Å². The summed E-state index contributed by atoms with van der Waals surface area (Å²) in [6.45, 7) is 2.83. The van der Waals surface area contributed by atoms with Crippen LogP contribution in [-0.2, 0) is 0 Å². The molecule has 5 nitrogen and oxygen atoms in total. The second-order valence-electron chi connectivity index (χ2n) is 5.90. The first-order valence-electron chi connectivity index (χ1n) is 7.65. The number of carbonyl (C=O) groups is 2. The number of carbonyl (C=O) groups excluding carboxylic acids is 2. The molecule has 1 amide bonds. The number of ketones is 1. The van der Waals surface area contributed by atoms with Crippen LogP contribution < -0.4 is 0 Å². The number of nitrogens with one attached hydrogen (secondary N) is 1. The van der Waals surface area contributed by atoms with E-state index in [4.69, 9.17) is 0 Å². The quantitative estimate of drug-likeness (QED) is 0.885. The van der Waals surface area contributed by atoms with E-state index < -0.39 is 0 Å². The second-order valence-corrected chi connectivity index (χ2v) is 5.90. The predicted octanol–water partition coefficient (Wildman–Crippen LogP) is 2.59. The molecule has 6 heteroatoms. The number of rotatable bonds is 3. The number of likely N-dealkylation sites (tertiary alicyclic amines) is 1. The minimum atomic E-state index is -0.365. The number of nitrogens with zero attached hydrogens (tertiary/aromatic N) is 2. The normalized spacial score (nSPS) is 18.0. The number of piperidine rings is 1. The molecule has 1 unspecified atom stereocenters. The third kappa shape index (κ3) is 3.31. The molecule has 2 heterocycles. The first kappa shape index (κ1) is 15.4. The van der Waals surface area contributed by atoms with E-state index in [2.05, 4.69) is 10.2 Å². The summed E-state index contributed by atoms with van der Waals surface area (Å²) in [4.78, 5) is 26.7. The Balaban J connectivity index is 1.71. The van der Waals surface area contributed by atoms with E-state index in [-0.39, 0.29) is 23.4 Å². The van der Waals surface area contributed by atoms with Crippen LogP contribution in [0.1, 0.15) is 39.4 Å². The number of aromatic amines is 1. The summed E-state index contributed by atoms with van der Waals surface area (Å²) in [6, 6.07) is 7.26. The van der Waals surface area contributed by atoms with Crippen molar-refractivity contribution in [3.8, 4) is 0 Å². The molecule has 0 aliphatic carbocycles. The summed E-state index contributed by atoms with van der Waals surface area (Å²) in [5.74, 6) is -0.819. The van der Waals surface area contributed by atoms with Gasteiger partial charge in [0.15, 0.2) is 5.78 Å². The Morgan fingerprint density at radius 1 is 1.30 bits per heavy atom. The Kier molecular flexibility index (Phi) is 4.23. The Bertz CT molecular complexity index is 724. The van der Waals surface area contributed by atoms with Crippen LogP contribution in [0.15, 0.2) is 30.3 Å². The van der Waals surface area contributed by atoms with Crippen molar-refractivity contribution in [2.45, 2.75) is 19.8 Å². The molecule has 1 aliphatic heterocycles. The fraction of sp³-hybridized carbons (Fsp3) is 0.353. The Labute approximate surface area is 133 Å². The van der Waals surface area contributed by atoms with Crippen LogP contribution in [0.25, 0.3) is 0 Å². The van der Waals surface area contributed by atoms with E-state index in [0.717, 1.165) is 18.5 Å². The minimum absolute atomic E-state index is 0.0410. The summed E-state index contributed by atoms with van der Waals surface area (Å²) in [7, 11) is 0. The lowest BCUT2D eigenvalue weighted by atomic mass is 9.90. The van der Waals surface area contributed by atoms with Crippen LogP contribution in [-0.4, -0.2) is 39.9 Å². The standard InChI is InChI=1S/C17H18FN3O2/c1-11-9-15(20-19-11)17(23)21-8-2-3-13(10-21)16(22)12-4-6-14(18)7-5-12/h4-7,9,13H,2-3,8,10H2,1H3,(H,19,20). The Morgan fingerprint density at radius 3 is 2.70 bits per heavy atom. The summed E-state index contributed by atoms with van der Waals surface area (Å²) in [6.07, 6.45) is 1.51. The van der Waals surface area contributed by atoms with E-state index in [1.54, 1.807) is 11.0 Å². The number of aromatic nitrogens is 2. The van der Waals surface area contributed by atoms with Crippen LogP contribution in [0.3, 0.4) is 0 Å². The van der Waals surface area contributed by atoms with Crippen LogP contribution in [0.5, 0.6) is 0 Å². The second kappa shape index (κ2) is 6.32. The smallest absolute Gasteiger partial charge is 0.274 e. The molecule has 0 radical (unpaired) electrons. The number of benzene rings is 1. The van der Waals surface area contributed by atoms with Gasteiger partial charge in [0.1, 0.15) is 11.5 Å². The lowest BCUT2D eigenvalue weighted by Crippen LogP contribution is -2.42. The van der Waals surface area contributed by atoms with Gasteiger partial charge in [-0.2, -0.15) is 5.10 Å². The average molecular weight is 315 g/mol. The van der Waals surface area contributed by atoms with Crippen LogP contribution in [0.2, 0.25) is 0 Å². The monoisotopic (exact) mass is 315 g/mol. The van der Waals surface area contributed by atoms with Gasteiger partial charge < -0.3 is 4.90 Å². The maximum absolute atomic E-state index is 13.0. The number of Topliss-reactive ketones (excluding diaryl/α,β-unsaturated/α-hetero) is 1. The maximum Gasteiger partial charge on any atom is 0.274 e. The van der Waals surface area contributed by atoms with Crippen molar-refractivity contribution in [3.63, 3.8) is 0 Å². The molecule has 1 N–H and O–H groups in total. The molecule has 1 aliphatic rings. The number of halogens is 1. The summed E-state index contributed by atoms with van der Waals surface area (Å²) in [5.41, 5.74) is 1.68. The number of H-pyrrole nitrogens is 1. The zero-order chi connectivity index (χ0) is 16.4. The highest BCUT2D eigenvalue weighted by atomic mass is 19.1. The van der Waals surface area contributed by atoms with Crippen molar-refractivity contribution < 1.29 is 14.0 Å². The van der Waals surface area contributed by atoms with Gasteiger partial charge in [-0.15, -0.1) is 0 Å². The number of hydrogen-bond donors (Lipinski definition) is 1. The molecule has 23 heavy (non-hydrogen) atoms. The third-order valence-electron chi connectivity index (χ3n) is 4.13. The largest absolute Gasteiger partial charge is 0.337 e. The average Bonchev–Trinajstić information content (AvgIpc) is 3.01. The zero-order valence-electron chi connectivity index (χ0n) is 12.9. The van der Waals surface area contributed by atoms with Crippen molar-refractivity contribution >= 4 is 11.7 Å². The van der Waals surface area contributed by atoms with Gasteiger partial charge in [0.05, 0.1) is 0 Å². The summed E-state index contributed by atoms with van der Waals surface area (Å²) >= 11 is 0. The van der Waals surface area contributed by atoms with Gasteiger partial charge in [0.2, 0.25) is 0 Å². The fourth-order valence-corrected chi connectivity index (χ4v) is 2.92. The van der Waals surface area contributed by atoms with Crippen LogP contribution in [0.4, 0.5) is 4.39 Å². The van der Waals surface area contributed by atoms with E-state index in [1.165, 1.54) is 24.3 Å². The summed E-state index contributed by atoms with van der Waals surface area (Å²) < 4.78 is 13.0. The van der Waals surface area contributed by atoms with Gasteiger partial charge in [0, 0.05) is 30.3 Å². The predicted molar refractivity (Wildman–Crippen MR) is 82.7 cm³/mol. The van der Waals surface area contributed by atoms with Crippen molar-refractivity contribution in [1.82, 2.24) is 15.1 Å². The highest BCUT2D eigenvalue weighted by molar-refractivity contribution is 5.99. The zero-order valence-corrected chi connectivity index (χ0v) is 12.9. The first-order valence-corrected chi connectivity index (χ1v) is 7.65. The van der Waals surface area contributed by atoms with Gasteiger partial charge in [-0.3, -0.25) is 14.7 Å². The van der Waals surface area contributed by atoms with Gasteiger partial charge >= 0.3 is 0 Å². The van der Waals surface area contributed by atoms with Crippen molar-refractivity contribution in [2.75, 3.05) is 13.1 Å². The van der Waals surface area contributed by atoms with E-state index in [9.17, 15) is 14.0 Å². The molecular weight excluding hydrogens is 297 g/mol. The minimum Gasteiger partial charge on any atom is -0.337 e. The molecule has 1 aromatic heterocycles.